The van der Waals surface area contributed by atoms with Crippen LogP contribution in [-0.2, 0) is 4.74 Å². The first-order chi connectivity index (χ1) is 14.6. The summed E-state index contributed by atoms with van der Waals surface area (Å²) in [5.74, 6) is -0.363. The third kappa shape index (κ3) is 4.11. The monoisotopic (exact) mass is 403 g/mol. The molecule has 0 atom stereocenters. The lowest BCUT2D eigenvalue weighted by molar-refractivity contribution is 0.0527. The highest BCUT2D eigenvalue weighted by Gasteiger charge is 2.18. The lowest BCUT2D eigenvalue weighted by Gasteiger charge is -2.29. The molecule has 156 valence electrons. The Balaban J connectivity index is 1.72. The summed E-state index contributed by atoms with van der Waals surface area (Å²) in [7, 11) is 0. The van der Waals surface area contributed by atoms with E-state index in [2.05, 4.69) is 58.5 Å². The second-order valence-corrected chi connectivity index (χ2v) is 7.96. The number of aryl methyl sites for hydroxylation is 2. The maximum atomic E-state index is 12.6. The summed E-state index contributed by atoms with van der Waals surface area (Å²) in [6, 6.07) is 12.6. The van der Waals surface area contributed by atoms with Crippen LogP contribution in [0.1, 0.15) is 47.7 Å². The highest BCUT2D eigenvalue weighted by Crippen LogP contribution is 2.33. The van der Waals surface area contributed by atoms with Gasteiger partial charge in [0.05, 0.1) is 17.8 Å². The van der Waals surface area contributed by atoms with Gasteiger partial charge in [-0.2, -0.15) is 0 Å². The van der Waals surface area contributed by atoms with Crippen LogP contribution in [0.15, 0.2) is 42.6 Å². The Bertz CT molecular complexity index is 1050. The molecular weight excluding hydrogens is 374 g/mol. The van der Waals surface area contributed by atoms with Gasteiger partial charge in [-0.3, -0.25) is 4.98 Å². The van der Waals surface area contributed by atoms with Crippen LogP contribution in [0, 0.1) is 13.8 Å². The van der Waals surface area contributed by atoms with Gasteiger partial charge in [-0.05, 0) is 75.9 Å². The average Bonchev–Trinajstić information content (AvgIpc) is 2.75. The van der Waals surface area contributed by atoms with E-state index in [0.29, 0.717) is 12.2 Å². The van der Waals surface area contributed by atoms with E-state index >= 15 is 0 Å². The minimum absolute atomic E-state index is 0.327. The molecule has 1 aliphatic heterocycles. The molecule has 0 amide bonds. The van der Waals surface area contributed by atoms with Gasteiger partial charge in [-0.1, -0.05) is 11.6 Å². The Morgan fingerprint density at radius 2 is 1.83 bits per heavy atom. The van der Waals surface area contributed by atoms with E-state index in [-0.39, 0.29) is 5.97 Å². The van der Waals surface area contributed by atoms with Crippen LogP contribution in [0.4, 0.5) is 17.1 Å². The predicted molar refractivity (Wildman–Crippen MR) is 123 cm³/mol. The molecule has 0 spiro atoms. The lowest BCUT2D eigenvalue weighted by Crippen LogP contribution is -2.29. The number of carbonyl (C=O) groups is 1. The Morgan fingerprint density at radius 3 is 2.53 bits per heavy atom. The number of aromatic nitrogens is 1. The first-order valence-electron chi connectivity index (χ1n) is 10.8. The number of nitrogens with one attached hydrogen (secondary N) is 1. The van der Waals surface area contributed by atoms with E-state index in [9.17, 15) is 4.79 Å². The van der Waals surface area contributed by atoms with E-state index in [1.165, 1.54) is 24.9 Å². The zero-order valence-electron chi connectivity index (χ0n) is 18.0. The first-order valence-corrected chi connectivity index (χ1v) is 10.8. The fourth-order valence-corrected chi connectivity index (χ4v) is 4.21. The van der Waals surface area contributed by atoms with Crippen LogP contribution in [-0.4, -0.2) is 30.6 Å². The first kappa shape index (κ1) is 20.2. The van der Waals surface area contributed by atoms with Crippen molar-refractivity contribution in [2.75, 3.05) is 29.9 Å². The minimum Gasteiger partial charge on any atom is -0.462 e. The molecule has 30 heavy (non-hydrogen) atoms. The molecule has 0 aliphatic carbocycles. The molecule has 0 saturated carbocycles. The largest absolute Gasteiger partial charge is 0.462 e. The van der Waals surface area contributed by atoms with Crippen LogP contribution in [0.25, 0.3) is 10.9 Å². The van der Waals surface area contributed by atoms with Gasteiger partial charge in [-0.25, -0.2) is 4.79 Å². The van der Waals surface area contributed by atoms with Crippen LogP contribution in [0.2, 0.25) is 0 Å². The van der Waals surface area contributed by atoms with Crippen molar-refractivity contribution in [3.63, 3.8) is 0 Å². The number of pyridine rings is 1. The molecule has 0 bridgehead atoms. The van der Waals surface area contributed by atoms with Gasteiger partial charge in [0.2, 0.25) is 0 Å². The second-order valence-electron chi connectivity index (χ2n) is 7.96. The van der Waals surface area contributed by atoms with Gasteiger partial charge >= 0.3 is 5.97 Å². The molecule has 1 saturated heterocycles. The Labute approximate surface area is 178 Å². The number of ether oxygens (including phenoxy) is 1. The fourth-order valence-electron chi connectivity index (χ4n) is 4.21. The smallest absolute Gasteiger partial charge is 0.341 e. The summed E-state index contributed by atoms with van der Waals surface area (Å²) >= 11 is 0. The molecule has 0 unspecified atom stereocenters. The van der Waals surface area contributed by atoms with Crippen LogP contribution in [0.3, 0.4) is 0 Å². The quantitative estimate of drug-likeness (QED) is 0.549. The van der Waals surface area contributed by atoms with Gasteiger partial charge in [0, 0.05) is 36.0 Å². The van der Waals surface area contributed by atoms with Crippen molar-refractivity contribution in [2.24, 2.45) is 0 Å². The normalized spacial score (nSPS) is 14.0. The number of nitrogens with zero attached hydrogens (tertiary/aromatic N) is 2. The predicted octanol–water partition coefficient (Wildman–Crippen LogP) is 5.76. The number of hydrogen-bond acceptors (Lipinski definition) is 5. The third-order valence-corrected chi connectivity index (χ3v) is 5.66. The maximum absolute atomic E-state index is 12.6. The minimum atomic E-state index is -0.363. The van der Waals surface area contributed by atoms with Crippen molar-refractivity contribution in [1.29, 1.82) is 0 Å². The standard InChI is InChI=1S/C25H29N3O2/c1-4-30-25(29)22-16-26-23-18(3)14-17(2)15-21(23)24(22)27-19-8-10-20(11-9-19)28-12-6-5-7-13-28/h8-11,14-16H,4-7,12-13H2,1-3H3,(H,26,27). The molecule has 4 rings (SSSR count). The number of benzene rings is 2. The van der Waals surface area contributed by atoms with E-state index in [1.807, 2.05) is 13.8 Å². The number of hydrogen-bond donors (Lipinski definition) is 1. The molecule has 1 fully saturated rings. The van der Waals surface area contributed by atoms with E-state index in [1.54, 1.807) is 6.20 Å². The summed E-state index contributed by atoms with van der Waals surface area (Å²) < 4.78 is 5.29. The van der Waals surface area contributed by atoms with Crippen LogP contribution in [0.5, 0.6) is 0 Å². The number of carbonyl (C=O) groups excluding carboxylic acids is 1. The van der Waals surface area contributed by atoms with Gasteiger partial charge in [-0.15, -0.1) is 0 Å². The molecule has 1 N–H and O–H groups in total. The molecule has 5 nitrogen and oxygen atoms in total. The average molecular weight is 404 g/mol. The summed E-state index contributed by atoms with van der Waals surface area (Å²) in [5, 5.41) is 4.41. The number of fused-ring (bicyclic) bond motifs is 1. The number of rotatable bonds is 5. The molecule has 1 aliphatic rings. The Morgan fingerprint density at radius 1 is 1.10 bits per heavy atom. The summed E-state index contributed by atoms with van der Waals surface area (Å²) in [6.07, 6.45) is 5.45. The van der Waals surface area contributed by atoms with Crippen molar-refractivity contribution in [3.8, 4) is 0 Å². The van der Waals surface area contributed by atoms with Gasteiger partial charge in [0.1, 0.15) is 5.56 Å². The van der Waals surface area contributed by atoms with Crippen molar-refractivity contribution in [3.05, 3.63) is 59.3 Å². The highest BCUT2D eigenvalue weighted by molar-refractivity contribution is 6.06. The highest BCUT2D eigenvalue weighted by atomic mass is 16.5. The summed E-state index contributed by atoms with van der Waals surface area (Å²) in [4.78, 5) is 19.6. The number of esters is 1. The zero-order chi connectivity index (χ0) is 21.1. The Kier molecular flexibility index (Phi) is 5.88. The molecule has 1 aromatic heterocycles. The van der Waals surface area contributed by atoms with Crippen LogP contribution < -0.4 is 10.2 Å². The van der Waals surface area contributed by atoms with Crippen molar-refractivity contribution in [1.82, 2.24) is 4.98 Å². The second kappa shape index (κ2) is 8.74. The number of anilines is 3. The van der Waals surface area contributed by atoms with E-state index in [4.69, 9.17) is 4.74 Å². The summed E-state index contributed by atoms with van der Waals surface area (Å²) in [6.45, 7) is 8.48. The molecule has 2 heterocycles. The molecule has 0 radical (unpaired) electrons. The van der Waals surface area contributed by atoms with E-state index < -0.39 is 0 Å². The summed E-state index contributed by atoms with van der Waals surface area (Å²) in [5.41, 5.74) is 6.49. The molecule has 3 aromatic rings. The van der Waals surface area contributed by atoms with Gasteiger partial charge in [0.15, 0.2) is 0 Å². The topological polar surface area (TPSA) is 54.5 Å². The SMILES string of the molecule is CCOC(=O)c1cnc2c(C)cc(C)cc2c1Nc1ccc(N2CCCCC2)cc1. The number of piperidine rings is 1. The van der Waals surface area contributed by atoms with Gasteiger partial charge < -0.3 is 15.0 Å². The third-order valence-electron chi connectivity index (χ3n) is 5.66. The van der Waals surface area contributed by atoms with Crippen molar-refractivity contribution < 1.29 is 9.53 Å². The lowest BCUT2D eigenvalue weighted by atomic mass is 10.0. The maximum Gasteiger partial charge on any atom is 0.341 e. The van der Waals surface area contributed by atoms with E-state index in [0.717, 1.165) is 46.5 Å². The zero-order valence-corrected chi connectivity index (χ0v) is 18.0. The molecular formula is C25H29N3O2. The van der Waals surface area contributed by atoms with Crippen LogP contribution >= 0.6 is 0 Å². The van der Waals surface area contributed by atoms with Gasteiger partial charge in [0.25, 0.3) is 0 Å². The molecule has 2 aromatic carbocycles. The molecule has 5 heteroatoms. The fraction of sp³-hybridized carbons (Fsp3) is 0.360. The van der Waals surface area contributed by atoms with Crippen molar-refractivity contribution >= 4 is 33.9 Å². The Hall–Kier alpha value is -3.08. The van der Waals surface area contributed by atoms with Crippen molar-refractivity contribution in [2.45, 2.75) is 40.0 Å².